The fourth-order valence-electron chi connectivity index (χ4n) is 1.62. The number of ketones is 1. The van der Waals surface area contributed by atoms with Crippen LogP contribution in [-0.4, -0.2) is 29.5 Å². The van der Waals surface area contributed by atoms with Crippen molar-refractivity contribution in [1.29, 1.82) is 0 Å². The molecule has 0 radical (unpaired) electrons. The average molecular weight is 368 g/mol. The predicted octanol–water partition coefficient (Wildman–Crippen LogP) is 3.55. The first kappa shape index (κ1) is 17.6. The normalized spacial score (nSPS) is 12.8. The van der Waals surface area contributed by atoms with Crippen LogP contribution in [0.15, 0.2) is 22.8 Å². The quantitative estimate of drug-likeness (QED) is 0.438. The molecule has 8 heteroatoms. The van der Waals surface area contributed by atoms with Crippen LogP contribution in [0.5, 0.6) is 0 Å². The lowest BCUT2D eigenvalue weighted by molar-refractivity contribution is -0.183. The lowest BCUT2D eigenvalue weighted by atomic mass is 9.96. The Morgan fingerprint density at radius 3 is 2.52 bits per heavy atom. The Morgan fingerprint density at radius 2 is 2.00 bits per heavy atom. The number of esters is 1. The van der Waals surface area contributed by atoms with Crippen molar-refractivity contribution in [3.8, 4) is 0 Å². The predicted molar refractivity (Wildman–Crippen MR) is 71.7 cm³/mol. The van der Waals surface area contributed by atoms with Gasteiger partial charge in [-0.2, -0.15) is 13.2 Å². The fourth-order valence-corrected chi connectivity index (χ4v) is 1.96. The molecule has 0 bridgehead atoms. The molecule has 0 saturated heterocycles. The summed E-state index contributed by atoms with van der Waals surface area (Å²) in [5.41, 5.74) is -0.0810. The molecule has 1 aromatic rings. The van der Waals surface area contributed by atoms with Gasteiger partial charge in [-0.1, -0.05) is 6.07 Å². The number of halogens is 4. The number of nitrogens with zero attached hydrogens (tertiary/aromatic N) is 1. The molecule has 4 nitrogen and oxygen atoms in total. The van der Waals surface area contributed by atoms with Gasteiger partial charge in [0.05, 0.1) is 18.9 Å². The molecule has 0 spiro atoms. The van der Waals surface area contributed by atoms with Crippen LogP contribution >= 0.6 is 15.9 Å². The minimum absolute atomic E-state index is 0.00938. The molecule has 1 rings (SSSR count). The van der Waals surface area contributed by atoms with Crippen LogP contribution in [0.4, 0.5) is 13.2 Å². The minimum Gasteiger partial charge on any atom is -0.466 e. The third-order valence-corrected chi connectivity index (χ3v) is 3.06. The highest BCUT2D eigenvalue weighted by atomic mass is 79.9. The Balaban J connectivity index is 2.81. The lowest BCUT2D eigenvalue weighted by Crippen LogP contribution is -2.29. The highest BCUT2D eigenvalue weighted by molar-refractivity contribution is 9.10. The number of carbonyl (C=O) groups excluding carboxylic acids is 2. The largest absolute Gasteiger partial charge is 0.466 e. The maximum atomic E-state index is 12.9. The summed E-state index contributed by atoms with van der Waals surface area (Å²) in [6.07, 6.45) is -6.38. The molecular weight excluding hydrogens is 355 g/mol. The average Bonchev–Trinajstić information content (AvgIpc) is 2.37. The van der Waals surface area contributed by atoms with Crippen molar-refractivity contribution < 1.29 is 27.5 Å². The van der Waals surface area contributed by atoms with Gasteiger partial charge in [0.15, 0.2) is 5.78 Å². The van der Waals surface area contributed by atoms with Crippen molar-refractivity contribution in [3.63, 3.8) is 0 Å². The van der Waals surface area contributed by atoms with Gasteiger partial charge in [-0.3, -0.25) is 9.59 Å². The van der Waals surface area contributed by atoms with Gasteiger partial charge in [0.2, 0.25) is 0 Å². The van der Waals surface area contributed by atoms with E-state index in [0.717, 1.165) is 0 Å². The van der Waals surface area contributed by atoms with E-state index in [1.807, 2.05) is 0 Å². The second kappa shape index (κ2) is 7.53. The summed E-state index contributed by atoms with van der Waals surface area (Å²) in [4.78, 5) is 26.9. The lowest BCUT2D eigenvalue weighted by Gasteiger charge is -2.18. The van der Waals surface area contributed by atoms with Crippen LogP contribution in [-0.2, 0) is 9.53 Å². The molecule has 0 N–H and O–H groups in total. The van der Waals surface area contributed by atoms with Crippen molar-refractivity contribution >= 4 is 27.7 Å². The molecule has 0 aliphatic heterocycles. The Kier molecular flexibility index (Phi) is 6.32. The highest BCUT2D eigenvalue weighted by Crippen LogP contribution is 2.32. The van der Waals surface area contributed by atoms with Gasteiger partial charge in [0.25, 0.3) is 0 Å². The molecule has 0 saturated carbocycles. The first-order chi connectivity index (χ1) is 9.74. The van der Waals surface area contributed by atoms with E-state index < -0.39 is 36.7 Å². The molecule has 1 heterocycles. The first-order valence-corrected chi connectivity index (χ1v) is 6.91. The summed E-state index contributed by atoms with van der Waals surface area (Å²) >= 11 is 3.04. The van der Waals surface area contributed by atoms with Gasteiger partial charge >= 0.3 is 12.1 Å². The van der Waals surface area contributed by atoms with Crippen molar-refractivity contribution in [1.82, 2.24) is 4.98 Å². The Labute approximate surface area is 127 Å². The number of carbonyl (C=O) groups is 2. The highest BCUT2D eigenvalue weighted by Gasteiger charge is 2.42. The summed E-state index contributed by atoms with van der Waals surface area (Å²) in [6, 6.07) is 4.37. The van der Waals surface area contributed by atoms with Gasteiger partial charge in [-0.05, 0) is 35.0 Å². The molecule has 1 aromatic heterocycles. The van der Waals surface area contributed by atoms with Crippen LogP contribution in [0.1, 0.15) is 30.3 Å². The smallest absolute Gasteiger partial charge is 0.392 e. The number of aromatic nitrogens is 1. The molecule has 0 aromatic carbocycles. The molecular formula is C13H13BrF3NO3. The SMILES string of the molecule is CCOC(=O)C[C@H](CC(=O)c1cccc(Br)n1)C(F)(F)F. The van der Waals surface area contributed by atoms with E-state index in [-0.39, 0.29) is 12.3 Å². The Hall–Kier alpha value is -1.44. The van der Waals surface area contributed by atoms with Gasteiger partial charge in [0, 0.05) is 6.42 Å². The molecule has 0 amide bonds. The topological polar surface area (TPSA) is 56.3 Å². The number of ether oxygens (including phenoxy) is 1. The Morgan fingerprint density at radius 1 is 1.33 bits per heavy atom. The van der Waals surface area contributed by atoms with E-state index in [9.17, 15) is 22.8 Å². The van der Waals surface area contributed by atoms with Crippen LogP contribution < -0.4 is 0 Å². The van der Waals surface area contributed by atoms with Gasteiger partial charge < -0.3 is 4.74 Å². The molecule has 0 aliphatic carbocycles. The van der Waals surface area contributed by atoms with Gasteiger partial charge in [-0.25, -0.2) is 4.98 Å². The van der Waals surface area contributed by atoms with Crippen LogP contribution in [0.3, 0.4) is 0 Å². The van der Waals surface area contributed by atoms with E-state index in [4.69, 9.17) is 0 Å². The summed E-state index contributed by atoms with van der Waals surface area (Å²) < 4.78 is 43.5. The third kappa shape index (κ3) is 5.82. The number of Topliss-reactive ketones (excluding diaryl/α,β-unsaturated/α-hetero) is 1. The number of hydrogen-bond acceptors (Lipinski definition) is 4. The van der Waals surface area contributed by atoms with E-state index in [2.05, 4.69) is 25.7 Å². The summed E-state index contributed by atoms with van der Waals surface area (Å²) in [7, 11) is 0. The number of pyridine rings is 1. The van der Waals surface area contributed by atoms with Crippen LogP contribution in [0.25, 0.3) is 0 Å². The molecule has 21 heavy (non-hydrogen) atoms. The van der Waals surface area contributed by atoms with Gasteiger partial charge in [-0.15, -0.1) is 0 Å². The van der Waals surface area contributed by atoms with Gasteiger partial charge in [0.1, 0.15) is 10.3 Å². The molecule has 1 atom stereocenters. The van der Waals surface area contributed by atoms with Crippen molar-refractivity contribution in [2.45, 2.75) is 25.9 Å². The minimum atomic E-state index is -4.66. The molecule has 0 aliphatic rings. The van der Waals surface area contributed by atoms with Crippen molar-refractivity contribution in [2.75, 3.05) is 6.61 Å². The monoisotopic (exact) mass is 367 g/mol. The number of alkyl halides is 3. The van der Waals surface area contributed by atoms with Crippen molar-refractivity contribution in [3.05, 3.63) is 28.5 Å². The van der Waals surface area contributed by atoms with Crippen LogP contribution in [0, 0.1) is 5.92 Å². The van der Waals surface area contributed by atoms with Crippen molar-refractivity contribution in [2.24, 2.45) is 5.92 Å². The summed E-state index contributed by atoms with van der Waals surface area (Å²) in [6.45, 7) is 1.49. The number of rotatable bonds is 6. The van der Waals surface area contributed by atoms with Crippen LogP contribution in [0.2, 0.25) is 0 Å². The third-order valence-electron chi connectivity index (χ3n) is 2.61. The zero-order valence-corrected chi connectivity index (χ0v) is 12.7. The molecule has 0 fully saturated rings. The summed E-state index contributed by atoms with van der Waals surface area (Å²) in [5.74, 6) is -3.83. The standard InChI is InChI=1S/C13H13BrF3NO3/c1-2-21-12(20)7-8(13(15,16)17)6-10(19)9-4-3-5-11(14)18-9/h3-5,8H,2,6-7H2,1H3/t8-/m0/s1. The second-order valence-corrected chi connectivity index (χ2v) is 5.03. The maximum Gasteiger partial charge on any atom is 0.392 e. The second-order valence-electron chi connectivity index (χ2n) is 4.22. The zero-order valence-electron chi connectivity index (χ0n) is 11.1. The fraction of sp³-hybridized carbons (Fsp3) is 0.462. The first-order valence-electron chi connectivity index (χ1n) is 6.12. The summed E-state index contributed by atoms with van der Waals surface area (Å²) in [5, 5.41) is 0. The van der Waals surface area contributed by atoms with E-state index in [1.165, 1.54) is 19.1 Å². The number of hydrogen-bond donors (Lipinski definition) is 0. The maximum absolute atomic E-state index is 12.9. The molecule has 116 valence electrons. The Bertz CT molecular complexity index is 520. The van der Waals surface area contributed by atoms with E-state index in [0.29, 0.717) is 4.60 Å². The molecule has 0 unspecified atom stereocenters. The van der Waals surface area contributed by atoms with E-state index >= 15 is 0 Å². The van der Waals surface area contributed by atoms with E-state index in [1.54, 1.807) is 6.07 Å². The zero-order chi connectivity index (χ0) is 16.0.